The normalized spacial score (nSPS) is 16.0. The smallest absolute Gasteiger partial charge is 0.230 e. The van der Waals surface area contributed by atoms with Crippen molar-refractivity contribution in [2.24, 2.45) is 11.8 Å². The summed E-state index contributed by atoms with van der Waals surface area (Å²) in [4.78, 5) is 24.0. The van der Waals surface area contributed by atoms with E-state index in [0.717, 1.165) is 23.4 Å². The van der Waals surface area contributed by atoms with Crippen LogP contribution in [0.15, 0.2) is 60.7 Å². The highest BCUT2D eigenvalue weighted by molar-refractivity contribution is 5.97. The van der Waals surface area contributed by atoms with Gasteiger partial charge in [0.05, 0.1) is 17.3 Å². The maximum Gasteiger partial charge on any atom is 0.230 e. The summed E-state index contributed by atoms with van der Waals surface area (Å²) in [6.45, 7) is 4.78. The van der Waals surface area contributed by atoms with Crippen LogP contribution in [-0.4, -0.2) is 28.1 Å². The second-order valence-electron chi connectivity index (χ2n) is 8.15. The molecule has 1 aliphatic rings. The first-order chi connectivity index (χ1) is 14.5. The molecule has 1 saturated heterocycles. The lowest BCUT2D eigenvalue weighted by atomic mass is 10.00. The van der Waals surface area contributed by atoms with Gasteiger partial charge in [-0.05, 0) is 36.1 Å². The summed E-state index contributed by atoms with van der Waals surface area (Å²) in [6.07, 6.45) is 1.22. The van der Waals surface area contributed by atoms with Gasteiger partial charge in [0.2, 0.25) is 11.8 Å². The molecule has 30 heavy (non-hydrogen) atoms. The highest BCUT2D eigenvalue weighted by atomic mass is 16.2. The van der Waals surface area contributed by atoms with E-state index in [2.05, 4.69) is 53.8 Å². The van der Waals surface area contributed by atoms with Crippen molar-refractivity contribution in [2.45, 2.75) is 26.7 Å². The van der Waals surface area contributed by atoms with Crippen molar-refractivity contribution in [2.75, 3.05) is 11.9 Å². The number of benzene rings is 2. The Kier molecular flexibility index (Phi) is 5.65. The Labute approximate surface area is 176 Å². The number of hydrogen-bond acceptors (Lipinski definition) is 3. The van der Waals surface area contributed by atoms with Crippen LogP contribution in [0, 0.1) is 11.8 Å². The molecule has 1 aliphatic heterocycles. The van der Waals surface area contributed by atoms with Gasteiger partial charge in [0.1, 0.15) is 0 Å². The number of carbonyl (C=O) groups excluding carboxylic acids is 2. The molecule has 0 aliphatic carbocycles. The number of rotatable bonds is 6. The van der Waals surface area contributed by atoms with Crippen molar-refractivity contribution < 1.29 is 9.59 Å². The van der Waals surface area contributed by atoms with Gasteiger partial charge in [-0.25, -0.2) is 4.68 Å². The van der Waals surface area contributed by atoms with Crippen LogP contribution >= 0.6 is 0 Å². The number of hydrogen-bond donors (Lipinski definition) is 2. The fourth-order valence-electron chi connectivity index (χ4n) is 3.76. The highest BCUT2D eigenvalue weighted by Gasteiger charge is 2.28. The lowest BCUT2D eigenvalue weighted by Crippen LogP contribution is -2.24. The minimum absolute atomic E-state index is 0.0902. The van der Waals surface area contributed by atoms with Crippen LogP contribution in [0.25, 0.3) is 16.9 Å². The largest absolute Gasteiger partial charge is 0.355 e. The van der Waals surface area contributed by atoms with Crippen LogP contribution in [0.2, 0.25) is 0 Å². The second-order valence-corrected chi connectivity index (χ2v) is 8.15. The van der Waals surface area contributed by atoms with E-state index in [-0.39, 0.29) is 24.2 Å². The average molecular weight is 402 g/mol. The van der Waals surface area contributed by atoms with Crippen molar-refractivity contribution in [3.05, 3.63) is 66.2 Å². The Hall–Kier alpha value is -3.41. The quantitative estimate of drug-likeness (QED) is 0.658. The van der Waals surface area contributed by atoms with Gasteiger partial charge >= 0.3 is 0 Å². The van der Waals surface area contributed by atoms with Gasteiger partial charge in [-0.2, -0.15) is 0 Å². The summed E-state index contributed by atoms with van der Waals surface area (Å²) in [6, 6.07) is 20.2. The van der Waals surface area contributed by atoms with Crippen molar-refractivity contribution in [3.63, 3.8) is 0 Å². The zero-order chi connectivity index (χ0) is 21.1. The van der Waals surface area contributed by atoms with Gasteiger partial charge in [-0.1, -0.05) is 50.2 Å². The van der Waals surface area contributed by atoms with Crippen molar-refractivity contribution >= 4 is 17.6 Å². The van der Waals surface area contributed by atoms with Gasteiger partial charge in [-0.3, -0.25) is 9.59 Å². The molecule has 2 aromatic carbocycles. The molecule has 0 radical (unpaired) electrons. The van der Waals surface area contributed by atoms with Gasteiger partial charge < -0.3 is 10.6 Å². The molecule has 0 unspecified atom stereocenters. The number of carbonyl (C=O) groups is 2. The summed E-state index contributed by atoms with van der Waals surface area (Å²) < 4.78 is 1.85. The van der Waals surface area contributed by atoms with Gasteiger partial charge in [0.15, 0.2) is 5.82 Å². The Morgan fingerprint density at radius 1 is 1.17 bits per heavy atom. The molecule has 0 spiro atoms. The van der Waals surface area contributed by atoms with Crippen LogP contribution in [-0.2, 0) is 16.0 Å². The summed E-state index contributed by atoms with van der Waals surface area (Å²) in [7, 11) is 0. The molecular formula is C24H26N4O2. The molecule has 154 valence electrons. The first-order valence-electron chi connectivity index (χ1n) is 10.3. The molecule has 0 saturated carbocycles. The minimum atomic E-state index is -0.364. The predicted molar refractivity (Wildman–Crippen MR) is 117 cm³/mol. The molecular weight excluding hydrogens is 376 g/mol. The zero-order valence-electron chi connectivity index (χ0n) is 17.3. The average Bonchev–Trinajstić information content (AvgIpc) is 3.35. The zero-order valence-corrected chi connectivity index (χ0v) is 17.3. The van der Waals surface area contributed by atoms with E-state index in [9.17, 15) is 9.59 Å². The number of nitrogens with one attached hydrogen (secondary N) is 2. The van der Waals surface area contributed by atoms with E-state index in [1.807, 2.05) is 41.1 Å². The van der Waals surface area contributed by atoms with E-state index >= 15 is 0 Å². The fraction of sp³-hybridized carbons (Fsp3) is 0.292. The molecule has 1 aromatic heterocycles. The van der Waals surface area contributed by atoms with Crippen LogP contribution < -0.4 is 10.6 Å². The molecule has 2 N–H and O–H groups in total. The molecule has 1 fully saturated rings. The fourth-order valence-corrected chi connectivity index (χ4v) is 3.76. The molecule has 3 aromatic rings. The van der Waals surface area contributed by atoms with Crippen LogP contribution in [0.1, 0.15) is 25.8 Å². The molecule has 1 atom stereocenters. The summed E-state index contributed by atoms with van der Waals surface area (Å²) >= 11 is 0. The third kappa shape index (κ3) is 4.43. The van der Waals surface area contributed by atoms with Gasteiger partial charge in [-0.15, -0.1) is 5.10 Å². The summed E-state index contributed by atoms with van der Waals surface area (Å²) in [5.41, 5.74) is 4.13. The molecule has 0 bridgehead atoms. The van der Waals surface area contributed by atoms with E-state index < -0.39 is 0 Å². The van der Waals surface area contributed by atoms with Gasteiger partial charge in [0.25, 0.3) is 0 Å². The Morgan fingerprint density at radius 3 is 2.67 bits per heavy atom. The molecule has 2 heterocycles. The molecule has 2 amide bonds. The lowest BCUT2D eigenvalue weighted by molar-refractivity contribution is -0.123. The maximum atomic E-state index is 12.6. The highest BCUT2D eigenvalue weighted by Crippen LogP contribution is 2.28. The van der Waals surface area contributed by atoms with Crippen LogP contribution in [0.3, 0.4) is 0 Å². The number of amides is 2. The molecule has 4 rings (SSSR count). The SMILES string of the molecule is CC(C)Cc1cccc(-c2cc(NC(=O)[C@H]3CNC(=O)C3)nn2-c2ccccc2)c1. The monoisotopic (exact) mass is 402 g/mol. The molecule has 6 heteroatoms. The van der Waals surface area contributed by atoms with Crippen molar-refractivity contribution in [1.82, 2.24) is 15.1 Å². The topological polar surface area (TPSA) is 76.0 Å². The Bertz CT molecular complexity index is 1060. The number of nitrogens with zero attached hydrogens (tertiary/aromatic N) is 2. The number of para-hydroxylation sites is 1. The number of aromatic nitrogens is 2. The number of anilines is 1. The summed E-state index contributed by atoms with van der Waals surface area (Å²) in [5, 5.41) is 10.2. The van der Waals surface area contributed by atoms with E-state index in [1.165, 1.54) is 5.56 Å². The third-order valence-corrected chi connectivity index (χ3v) is 5.18. The molecule has 6 nitrogen and oxygen atoms in total. The Morgan fingerprint density at radius 2 is 1.97 bits per heavy atom. The van der Waals surface area contributed by atoms with Crippen LogP contribution in [0.4, 0.5) is 5.82 Å². The lowest BCUT2D eigenvalue weighted by Gasteiger charge is -2.10. The van der Waals surface area contributed by atoms with E-state index in [1.54, 1.807) is 0 Å². The second kappa shape index (κ2) is 8.53. The van der Waals surface area contributed by atoms with Crippen molar-refractivity contribution in [1.29, 1.82) is 0 Å². The minimum Gasteiger partial charge on any atom is -0.355 e. The third-order valence-electron chi connectivity index (χ3n) is 5.18. The van der Waals surface area contributed by atoms with Gasteiger partial charge in [0, 0.05) is 24.6 Å². The standard InChI is InChI=1S/C24H26N4O2/c1-16(2)11-17-7-6-8-18(12-17)21-14-22(26-24(30)19-13-23(29)25-15-19)27-28(21)20-9-4-3-5-10-20/h3-10,12,14,16,19H,11,13,15H2,1-2H3,(H,25,29)(H,26,27,30)/t19-/m1/s1. The van der Waals surface area contributed by atoms with Crippen LogP contribution in [0.5, 0.6) is 0 Å². The summed E-state index contributed by atoms with van der Waals surface area (Å²) in [5.74, 6) is 0.403. The van der Waals surface area contributed by atoms with Crippen molar-refractivity contribution in [3.8, 4) is 16.9 Å². The first kappa shape index (κ1) is 19.9. The predicted octanol–water partition coefficient (Wildman–Crippen LogP) is 3.81. The first-order valence-corrected chi connectivity index (χ1v) is 10.3. The maximum absolute atomic E-state index is 12.6. The van der Waals surface area contributed by atoms with E-state index in [4.69, 9.17) is 0 Å². The Balaban J connectivity index is 1.68. The van der Waals surface area contributed by atoms with E-state index in [0.29, 0.717) is 18.3 Å².